The summed E-state index contributed by atoms with van der Waals surface area (Å²) in [5.74, 6) is -2.27. The zero-order valence-electron chi connectivity index (χ0n) is 25.8. The van der Waals surface area contributed by atoms with E-state index in [-0.39, 0.29) is 80.8 Å². The molecule has 4 N–H and O–H groups in total. The Morgan fingerprint density at radius 1 is 1.15 bits per heavy atom. The van der Waals surface area contributed by atoms with Crippen LogP contribution in [0.4, 0.5) is 4.79 Å². The second kappa shape index (κ2) is 11.4. The largest absolute Gasteiger partial charge is 0.453 e. The van der Waals surface area contributed by atoms with Gasteiger partial charge in [0.05, 0.1) is 25.4 Å². The Morgan fingerprint density at radius 3 is 2.25 bits per heavy atom. The summed E-state index contributed by atoms with van der Waals surface area (Å²) in [4.78, 5) is 31.6. The van der Waals surface area contributed by atoms with Gasteiger partial charge in [0.25, 0.3) is 0 Å². The molecule has 0 spiro atoms. The smallest absolute Gasteiger partial charge is 0.407 e. The summed E-state index contributed by atoms with van der Waals surface area (Å²) in [7, 11) is 1.29. The van der Waals surface area contributed by atoms with E-state index in [0.717, 1.165) is 11.1 Å². The van der Waals surface area contributed by atoms with E-state index in [2.05, 4.69) is 12.2 Å². The summed E-state index contributed by atoms with van der Waals surface area (Å²) < 4.78 is 10.6. The van der Waals surface area contributed by atoms with Gasteiger partial charge in [-0.3, -0.25) is 10.1 Å². The van der Waals surface area contributed by atoms with Gasteiger partial charge in [0, 0.05) is 84.6 Å². The van der Waals surface area contributed by atoms with Gasteiger partial charge in [-0.25, -0.2) is 9.68 Å². The third-order valence-electron chi connectivity index (χ3n) is 12.1. The minimum absolute atomic E-state index is 0. The molecule has 10 heteroatoms. The zero-order chi connectivity index (χ0) is 29.5. The van der Waals surface area contributed by atoms with Crippen molar-refractivity contribution in [2.75, 3.05) is 13.7 Å². The Labute approximate surface area is 274 Å². The van der Waals surface area contributed by atoms with E-state index >= 15 is 0 Å². The Morgan fingerprint density at radius 2 is 1.75 bits per heavy atom. The fourth-order valence-electron chi connectivity index (χ4n) is 9.41. The number of ether oxygens (including phenoxy) is 2. The van der Waals surface area contributed by atoms with Crippen LogP contribution in [-0.2, 0) is 19.2 Å². The number of Topliss-reactive ketones (excluding diaryl/α,β-unsaturated/α-hetero) is 1. The van der Waals surface area contributed by atoms with Crippen molar-refractivity contribution in [2.45, 2.75) is 105 Å². The molecule has 7 unspecified atom stereocenters. The normalized spacial score (nSPS) is 44.4. The molecule has 0 aromatic carbocycles. The summed E-state index contributed by atoms with van der Waals surface area (Å²) in [5.41, 5.74) is -2.40. The Kier molecular flexibility index (Phi) is 9.85. The maximum Gasteiger partial charge on any atom is 0.407 e. The fourth-order valence-corrected chi connectivity index (χ4v) is 9.41. The number of rotatable bonds is 5. The van der Waals surface area contributed by atoms with Crippen molar-refractivity contribution in [2.24, 2.45) is 46.3 Å². The molecule has 2 saturated carbocycles. The maximum atomic E-state index is 14.6. The molecule has 0 aromatic heterocycles. The number of alkyl carbamates (subject to hydrolysis) is 1. The molecule has 1 heterocycles. The Bertz CT molecular complexity index is 1050. The number of ketones is 1. The third-order valence-corrected chi connectivity index (χ3v) is 12.1. The molecule has 1 amide bonds. The first-order chi connectivity index (χ1) is 17.9. The molecule has 1 radical (unpaired) electrons. The second-order valence-electron chi connectivity index (χ2n) is 13.9. The SMILES string of the molecule is COC(=O)NC(C)C(C)[C@H](OO)C1CC2(O)C(C)C3[C@]4(O)COC4C[C@H](C)[C@@]3(C)C(=O)[C@H](C)C(=C1C)C2(C)C.[Ac]. The van der Waals surface area contributed by atoms with Crippen molar-refractivity contribution >= 4 is 11.9 Å². The van der Waals surface area contributed by atoms with Crippen molar-refractivity contribution in [1.29, 1.82) is 0 Å². The topological polar surface area (TPSA) is 135 Å². The van der Waals surface area contributed by atoms with Gasteiger partial charge in [-0.05, 0) is 38.5 Å². The second-order valence-corrected chi connectivity index (χ2v) is 13.9. The number of nitrogens with one attached hydrogen (secondary N) is 1. The van der Waals surface area contributed by atoms with Crippen molar-refractivity contribution in [3.63, 3.8) is 0 Å². The minimum atomic E-state index is -1.34. The molecule has 3 fully saturated rings. The van der Waals surface area contributed by atoms with Crippen LogP contribution in [0.5, 0.6) is 0 Å². The van der Waals surface area contributed by atoms with Crippen LogP contribution < -0.4 is 5.32 Å². The van der Waals surface area contributed by atoms with E-state index in [4.69, 9.17) is 14.4 Å². The maximum absolute atomic E-state index is 14.6. The van der Waals surface area contributed by atoms with Crippen LogP contribution in [0, 0.1) is 90.4 Å². The molecule has 1 aliphatic heterocycles. The number of amides is 1. The molecular weight excluding hydrogens is 729 g/mol. The molecule has 12 atom stereocenters. The monoisotopic (exact) mass is 778 g/mol. The first-order valence-corrected chi connectivity index (χ1v) is 14.4. The van der Waals surface area contributed by atoms with Crippen molar-refractivity contribution in [1.82, 2.24) is 5.32 Å². The van der Waals surface area contributed by atoms with Crippen LogP contribution in [0.15, 0.2) is 11.1 Å². The van der Waals surface area contributed by atoms with Crippen molar-refractivity contribution in [3.05, 3.63) is 11.1 Å². The molecule has 0 aromatic rings. The average molecular weight is 779 g/mol. The number of carbonyl (C=O) groups excluding carboxylic acids is 2. The first-order valence-electron chi connectivity index (χ1n) is 14.4. The van der Waals surface area contributed by atoms with E-state index in [1.807, 2.05) is 55.4 Å². The molecule has 9 nitrogen and oxygen atoms in total. The van der Waals surface area contributed by atoms with Crippen molar-refractivity contribution in [3.8, 4) is 0 Å². The van der Waals surface area contributed by atoms with Crippen LogP contribution in [0.2, 0.25) is 0 Å². The molecule has 2 bridgehead atoms. The van der Waals surface area contributed by atoms with E-state index in [1.54, 1.807) is 0 Å². The number of methoxy groups -OCH3 is 1. The van der Waals surface area contributed by atoms with Gasteiger partial charge in [0.15, 0.2) is 0 Å². The van der Waals surface area contributed by atoms with E-state index in [0.29, 0.717) is 6.42 Å². The summed E-state index contributed by atoms with van der Waals surface area (Å²) in [6, 6.07) is -0.408. The van der Waals surface area contributed by atoms with Gasteiger partial charge in [0.1, 0.15) is 17.5 Å². The molecule has 4 rings (SSSR count). The molecule has 3 aliphatic carbocycles. The van der Waals surface area contributed by atoms with Gasteiger partial charge in [-0.15, -0.1) is 0 Å². The fraction of sp³-hybridized carbons (Fsp3) is 0.867. The van der Waals surface area contributed by atoms with Crippen LogP contribution in [-0.4, -0.2) is 70.5 Å². The van der Waals surface area contributed by atoms with E-state index < -0.39 is 63.9 Å². The Balaban J connectivity index is 0.00000441. The molecule has 225 valence electrons. The number of fused-ring (bicyclic) bond motifs is 5. The van der Waals surface area contributed by atoms with Crippen LogP contribution in [0.25, 0.3) is 0 Å². The van der Waals surface area contributed by atoms with Gasteiger partial charge in [-0.1, -0.05) is 59.6 Å². The standard InChI is InChI=1S/C30H49NO8.Ac/c1-14-11-21-29(34,13-38-21)24-18(5)30(35)12-20(23(39-36)15(2)19(6)31-26(33)37-10)16(3)22(27(30,7)8)17(4)25(32)28(14,24)9;/h14-15,17-21,23-24,34-36H,11-13H2,1-10H3,(H,31,33);/t14-,15?,17+,18?,19?,20?,21?,23-,24?,28+,29-,30?;/m0./s1. The van der Waals surface area contributed by atoms with E-state index in [9.17, 15) is 25.1 Å². The first kappa shape index (κ1) is 34.4. The summed E-state index contributed by atoms with van der Waals surface area (Å²) in [5, 5.41) is 37.9. The molecule has 40 heavy (non-hydrogen) atoms. The molecule has 4 aliphatic rings. The number of aliphatic hydroxyl groups is 2. The summed E-state index contributed by atoms with van der Waals surface area (Å²) >= 11 is 0. The minimum Gasteiger partial charge on any atom is -0.453 e. The van der Waals surface area contributed by atoms with Gasteiger partial charge in [0.2, 0.25) is 0 Å². The average Bonchev–Trinajstić information content (AvgIpc) is 2.87. The summed E-state index contributed by atoms with van der Waals surface area (Å²) in [6.07, 6.45) is -0.861. The number of hydrogen-bond donors (Lipinski definition) is 4. The third kappa shape index (κ3) is 4.61. The zero-order valence-corrected chi connectivity index (χ0v) is 30.5. The predicted octanol–water partition coefficient (Wildman–Crippen LogP) is 3.97. The molecule has 1 saturated heterocycles. The van der Waals surface area contributed by atoms with Crippen molar-refractivity contribution < 1.29 is 83.5 Å². The van der Waals surface area contributed by atoms with Gasteiger partial charge in [-0.2, -0.15) is 0 Å². The van der Waals surface area contributed by atoms with Crippen LogP contribution >= 0.6 is 0 Å². The Hall–Kier alpha value is -0.0784. The quantitative estimate of drug-likeness (QED) is 0.187. The summed E-state index contributed by atoms with van der Waals surface area (Å²) in [6.45, 7) is 17.7. The van der Waals surface area contributed by atoms with Gasteiger partial charge < -0.3 is 25.0 Å². The van der Waals surface area contributed by atoms with Gasteiger partial charge >= 0.3 is 6.09 Å². The molecular formula is C30H49AcNO8. The number of hydrogen-bond acceptors (Lipinski definition) is 8. The van der Waals surface area contributed by atoms with Crippen LogP contribution in [0.1, 0.15) is 75.2 Å². The predicted molar refractivity (Wildman–Crippen MR) is 145 cm³/mol. The van der Waals surface area contributed by atoms with E-state index in [1.165, 1.54) is 7.11 Å². The van der Waals surface area contributed by atoms with Crippen LogP contribution in [0.3, 0.4) is 0 Å². The number of carbonyl (C=O) groups is 2.